The van der Waals surface area contributed by atoms with E-state index in [1.165, 1.54) is 12.1 Å². The fourth-order valence-electron chi connectivity index (χ4n) is 6.45. The number of nitrogens with zero attached hydrogens (tertiary/aromatic N) is 1. The van der Waals surface area contributed by atoms with Crippen molar-refractivity contribution in [2.24, 2.45) is 16.7 Å². The fraction of sp³-hybridized carbons (Fsp3) is 0.731. The van der Waals surface area contributed by atoms with Crippen LogP contribution in [0.3, 0.4) is 0 Å². The van der Waals surface area contributed by atoms with Crippen molar-refractivity contribution >= 4 is 36.9 Å². The van der Waals surface area contributed by atoms with Gasteiger partial charge in [-0.2, -0.15) is 9.03 Å². The first-order valence-corrected chi connectivity index (χ1v) is 16.7. The zero-order valence-electron chi connectivity index (χ0n) is 22.7. The van der Waals surface area contributed by atoms with Crippen LogP contribution in [0.4, 0.5) is 0 Å². The molecule has 0 heterocycles. The van der Waals surface area contributed by atoms with Gasteiger partial charge in [0.2, 0.25) is 25.2 Å². The number of thioether (sulfide) groups is 1. The van der Waals surface area contributed by atoms with Crippen molar-refractivity contribution in [2.75, 3.05) is 5.75 Å². The number of hydrogen-bond donors (Lipinski definition) is 1. The van der Waals surface area contributed by atoms with Gasteiger partial charge in [-0.05, 0) is 84.3 Å². The van der Waals surface area contributed by atoms with Crippen LogP contribution < -0.4 is 4.72 Å². The van der Waals surface area contributed by atoms with Crippen LogP contribution >= 0.6 is 11.8 Å². The number of benzene rings is 1. The minimum atomic E-state index is -3.85. The maximum absolute atomic E-state index is 13.7. The van der Waals surface area contributed by atoms with E-state index in [2.05, 4.69) is 18.6 Å². The van der Waals surface area contributed by atoms with Gasteiger partial charge >= 0.3 is 0 Å². The normalized spacial score (nSPS) is 26.8. The third-order valence-corrected chi connectivity index (χ3v) is 13.8. The Balaban J connectivity index is 1.82. The lowest BCUT2D eigenvalue weighted by Gasteiger charge is -2.44. The number of aryl methyl sites for hydroxylation is 1. The quantitative estimate of drug-likeness (QED) is 0.452. The molecule has 4 atom stereocenters. The van der Waals surface area contributed by atoms with Gasteiger partial charge in [0.1, 0.15) is 0 Å². The van der Waals surface area contributed by atoms with E-state index in [0.717, 1.165) is 36.6 Å². The zero-order valence-corrected chi connectivity index (χ0v) is 25.2. The smallest absolute Gasteiger partial charge is 0.241 e. The van der Waals surface area contributed by atoms with Gasteiger partial charge in [0.05, 0.1) is 16.7 Å². The van der Waals surface area contributed by atoms with Crippen molar-refractivity contribution in [2.45, 2.75) is 103 Å². The second kappa shape index (κ2) is 10.3. The summed E-state index contributed by atoms with van der Waals surface area (Å²) in [6.45, 7) is 15.3. The first kappa shape index (κ1) is 29.6. The summed E-state index contributed by atoms with van der Waals surface area (Å²) in [6, 6.07) is 5.24. The molecule has 2 aliphatic rings. The van der Waals surface area contributed by atoms with Gasteiger partial charge in [-0.3, -0.25) is 4.79 Å². The van der Waals surface area contributed by atoms with E-state index in [-0.39, 0.29) is 38.5 Å². The Morgan fingerprint density at radius 1 is 1.06 bits per heavy atom. The molecule has 0 spiro atoms. The van der Waals surface area contributed by atoms with E-state index < -0.39 is 31.5 Å². The summed E-state index contributed by atoms with van der Waals surface area (Å²) in [5.41, 5.74) is 0.165. The molecular weight excluding hydrogens is 516 g/mol. The highest BCUT2D eigenvalue weighted by molar-refractivity contribution is 8.14. The van der Waals surface area contributed by atoms with Crippen LogP contribution in [0.5, 0.6) is 0 Å². The fourth-order valence-corrected chi connectivity index (χ4v) is 12.2. The Kier molecular flexibility index (Phi) is 8.49. The molecule has 0 amide bonds. The number of rotatable bonds is 10. The molecule has 2 saturated carbocycles. The first-order valence-electron chi connectivity index (χ1n) is 12.8. The zero-order chi connectivity index (χ0) is 27.3. The average Bonchev–Trinajstić information content (AvgIpc) is 3.07. The first-order chi connectivity index (χ1) is 16.4. The Morgan fingerprint density at radius 2 is 1.61 bits per heavy atom. The number of carbonyl (C=O) groups is 1. The Morgan fingerprint density at radius 3 is 2.11 bits per heavy atom. The minimum Gasteiger partial charge on any atom is -0.285 e. The molecule has 1 N–H and O–H groups in total. The summed E-state index contributed by atoms with van der Waals surface area (Å²) in [6.07, 6.45) is 2.47. The van der Waals surface area contributed by atoms with E-state index >= 15 is 0 Å². The van der Waals surface area contributed by atoms with E-state index in [1.54, 1.807) is 23.4 Å². The number of carbonyl (C=O) groups excluding carboxylic acids is 1. The summed E-state index contributed by atoms with van der Waals surface area (Å²) in [5.74, 6) is 0.345. The van der Waals surface area contributed by atoms with Crippen molar-refractivity contribution in [3.05, 3.63) is 29.8 Å². The molecule has 2 fully saturated rings. The average molecular weight is 559 g/mol. The molecule has 36 heavy (non-hydrogen) atoms. The summed E-state index contributed by atoms with van der Waals surface area (Å²) >= 11 is 1.14. The third-order valence-electron chi connectivity index (χ3n) is 8.41. The Hall–Kier alpha value is -0.940. The van der Waals surface area contributed by atoms with E-state index in [9.17, 15) is 21.6 Å². The molecule has 2 aliphatic carbocycles. The lowest BCUT2D eigenvalue weighted by molar-refractivity contribution is -0.112. The van der Waals surface area contributed by atoms with Gasteiger partial charge in [0.25, 0.3) is 0 Å². The van der Waals surface area contributed by atoms with Crippen molar-refractivity contribution < 1.29 is 21.6 Å². The predicted molar refractivity (Wildman–Crippen MR) is 147 cm³/mol. The number of hydrogen-bond acceptors (Lipinski definition) is 6. The monoisotopic (exact) mass is 558 g/mol. The summed E-state index contributed by atoms with van der Waals surface area (Å²) in [7, 11) is -7.43. The maximum atomic E-state index is 13.7. The van der Waals surface area contributed by atoms with E-state index in [1.807, 2.05) is 34.6 Å². The highest BCUT2D eigenvalue weighted by atomic mass is 32.2. The molecule has 0 aliphatic heterocycles. The topological polar surface area (TPSA) is 101 Å². The molecular formula is C26H42N2O5S3. The number of fused-ring (bicyclic) bond motifs is 2. The van der Waals surface area contributed by atoms with Crippen molar-refractivity contribution in [1.82, 2.24) is 9.03 Å². The molecule has 0 aromatic heterocycles. The second-order valence-corrected chi connectivity index (χ2v) is 16.5. The van der Waals surface area contributed by atoms with Crippen LogP contribution in [0, 0.1) is 23.7 Å². The third kappa shape index (κ3) is 5.44. The molecule has 0 saturated heterocycles. The van der Waals surface area contributed by atoms with Crippen LogP contribution in [0.2, 0.25) is 0 Å². The molecule has 204 valence electrons. The Labute approximate surface area is 222 Å². The van der Waals surface area contributed by atoms with Crippen molar-refractivity contribution in [3.8, 4) is 0 Å². The van der Waals surface area contributed by atoms with Crippen LogP contribution in [-0.2, 0) is 24.8 Å². The summed E-state index contributed by atoms with van der Waals surface area (Å²) in [4.78, 5) is 13.4. The summed E-state index contributed by atoms with van der Waals surface area (Å²) < 4.78 is 57.2. The molecule has 1 aromatic carbocycles. The molecule has 0 unspecified atom stereocenters. The molecule has 1 aromatic rings. The van der Waals surface area contributed by atoms with Crippen LogP contribution in [0.1, 0.15) is 73.3 Å². The molecule has 7 nitrogen and oxygen atoms in total. The van der Waals surface area contributed by atoms with Gasteiger partial charge in [-0.1, -0.05) is 43.3 Å². The highest BCUT2D eigenvalue weighted by Gasteiger charge is 2.66. The predicted octanol–water partition coefficient (Wildman–Crippen LogP) is 4.57. The summed E-state index contributed by atoms with van der Waals surface area (Å²) in [5, 5.41) is -0.457. The lowest BCUT2D eigenvalue weighted by Crippen LogP contribution is -2.51. The van der Waals surface area contributed by atoms with Gasteiger partial charge in [0.15, 0.2) is 0 Å². The molecule has 0 radical (unpaired) electrons. The van der Waals surface area contributed by atoms with Crippen molar-refractivity contribution in [1.29, 1.82) is 0 Å². The molecule has 2 bridgehead atoms. The van der Waals surface area contributed by atoms with Crippen LogP contribution in [0.25, 0.3) is 0 Å². The highest BCUT2D eigenvalue weighted by Crippen LogP contribution is 2.69. The van der Waals surface area contributed by atoms with Crippen LogP contribution in [0.15, 0.2) is 29.2 Å². The second-order valence-electron chi connectivity index (χ2n) is 11.7. The molecule has 3 rings (SSSR count). The van der Waals surface area contributed by atoms with E-state index in [4.69, 9.17) is 0 Å². The van der Waals surface area contributed by atoms with Crippen molar-refractivity contribution in [3.63, 3.8) is 0 Å². The number of sulfonamides is 2. The van der Waals surface area contributed by atoms with Gasteiger partial charge in [-0.25, -0.2) is 16.8 Å². The largest absolute Gasteiger partial charge is 0.285 e. The number of nitrogens with one attached hydrogen (secondary N) is 1. The SMILES string of the molecule is Cc1ccc(S(=O)(=O)N[C@H](C)C(=O)S[C@@H]2C[C@H]3CC[C@]2(CS(=O)(=O)N(C(C)C)C(C)C)C3(C)C)cc1. The van der Waals surface area contributed by atoms with Gasteiger partial charge in [-0.15, -0.1) is 0 Å². The van der Waals surface area contributed by atoms with Crippen LogP contribution in [-0.4, -0.2) is 55.4 Å². The molecule has 10 heteroatoms. The van der Waals surface area contributed by atoms with Gasteiger partial charge < -0.3 is 0 Å². The Bertz CT molecular complexity index is 1170. The van der Waals surface area contributed by atoms with Gasteiger partial charge in [0, 0.05) is 22.7 Å². The lowest BCUT2D eigenvalue weighted by atomic mass is 9.70. The maximum Gasteiger partial charge on any atom is 0.241 e. The standard InChI is InChI=1S/C26H42N2O5S3/c1-17(2)28(18(3)4)35(30,31)16-26-14-13-21(25(26,7)8)15-23(26)34-24(29)20(6)27-36(32,33)22-11-9-19(5)10-12-22/h9-12,17-18,20-21,23,27H,13-16H2,1-8H3/t20-,21-,23-,26-/m1/s1. The van der Waals surface area contributed by atoms with E-state index in [0.29, 0.717) is 5.92 Å². The minimum absolute atomic E-state index is 0.00822.